The summed E-state index contributed by atoms with van der Waals surface area (Å²) in [6.45, 7) is 5.38. The zero-order valence-electron chi connectivity index (χ0n) is 9.48. The van der Waals surface area contributed by atoms with Gasteiger partial charge in [0.05, 0.1) is 5.52 Å². The summed E-state index contributed by atoms with van der Waals surface area (Å²) in [4.78, 5) is 28.1. The van der Waals surface area contributed by atoms with Crippen LogP contribution >= 0.6 is 27.5 Å². The molecule has 0 fully saturated rings. The molecule has 0 aromatic carbocycles. The van der Waals surface area contributed by atoms with E-state index in [0.29, 0.717) is 21.3 Å². The van der Waals surface area contributed by atoms with Crippen molar-refractivity contribution < 1.29 is 4.79 Å². The fourth-order valence-corrected chi connectivity index (χ4v) is 2.14. The molecule has 0 radical (unpaired) electrons. The van der Waals surface area contributed by atoms with Gasteiger partial charge in [0.1, 0.15) is 5.88 Å². The van der Waals surface area contributed by atoms with Crippen LogP contribution in [0.5, 0.6) is 0 Å². The highest BCUT2D eigenvalue weighted by molar-refractivity contribution is 9.10. The van der Waals surface area contributed by atoms with Crippen molar-refractivity contribution in [3.8, 4) is 0 Å². The van der Waals surface area contributed by atoms with Crippen LogP contribution in [0.25, 0.3) is 16.9 Å². The Hall–Kier alpha value is -1.40. The number of pyridine rings is 1. The molecule has 94 valence electrons. The lowest BCUT2D eigenvalue weighted by molar-refractivity contribution is 0.0941. The van der Waals surface area contributed by atoms with E-state index in [9.17, 15) is 9.59 Å². The molecule has 2 aromatic rings. The van der Waals surface area contributed by atoms with Crippen LogP contribution in [0.15, 0.2) is 28.1 Å². The highest BCUT2D eigenvalue weighted by Crippen LogP contribution is 2.18. The molecule has 0 aliphatic carbocycles. The molecule has 2 rings (SSSR count). The molecule has 0 saturated carbocycles. The first-order chi connectivity index (χ1) is 8.47. The molecular weight excluding hydrogens is 321 g/mol. The van der Waals surface area contributed by atoms with Gasteiger partial charge in [-0.1, -0.05) is 6.58 Å². The molecule has 0 unspecified atom stereocenters. The van der Waals surface area contributed by atoms with Crippen LogP contribution in [-0.4, -0.2) is 25.9 Å². The number of carbonyl (C=O) groups excluding carboxylic acids is 1. The van der Waals surface area contributed by atoms with E-state index in [-0.39, 0.29) is 5.88 Å². The van der Waals surface area contributed by atoms with Crippen molar-refractivity contribution in [2.24, 2.45) is 0 Å². The van der Waals surface area contributed by atoms with Gasteiger partial charge in [0.2, 0.25) is 5.91 Å². The van der Waals surface area contributed by atoms with E-state index in [0.717, 1.165) is 4.57 Å². The maximum atomic E-state index is 12.2. The van der Waals surface area contributed by atoms with Crippen molar-refractivity contribution in [3.05, 3.63) is 33.8 Å². The number of alkyl halides is 1. The number of imidazole rings is 1. The molecule has 2 heterocycles. The van der Waals surface area contributed by atoms with E-state index in [1.807, 2.05) is 0 Å². The minimum absolute atomic E-state index is 0.276. The molecule has 0 spiro atoms. The molecule has 0 atom stereocenters. The first kappa shape index (κ1) is 13.0. The van der Waals surface area contributed by atoms with E-state index in [1.54, 1.807) is 19.2 Å². The second kappa shape index (κ2) is 4.70. The highest BCUT2D eigenvalue weighted by Gasteiger charge is 2.19. The van der Waals surface area contributed by atoms with Crippen molar-refractivity contribution >= 4 is 50.3 Å². The quantitative estimate of drug-likeness (QED) is 0.794. The third kappa shape index (κ3) is 1.91. The number of halogens is 2. The molecule has 0 amide bonds. The zero-order valence-corrected chi connectivity index (χ0v) is 11.8. The molecule has 0 aliphatic heterocycles. The van der Waals surface area contributed by atoms with E-state index < -0.39 is 11.6 Å². The average molecular weight is 331 g/mol. The SMILES string of the molecule is C=C(C)n1c(=O)n(C(=O)CCl)c2cc(Br)cnc21. The predicted octanol–water partition coefficient (Wildman–Crippen LogP) is 2.33. The van der Waals surface area contributed by atoms with Gasteiger partial charge in [0.25, 0.3) is 0 Å². The summed E-state index contributed by atoms with van der Waals surface area (Å²) in [5.74, 6) is -0.770. The smallest absolute Gasteiger partial charge is 0.273 e. The third-order valence-corrected chi connectivity index (χ3v) is 3.06. The second-order valence-corrected chi connectivity index (χ2v) is 4.90. The molecular formula is C11H9BrClN3O2. The van der Waals surface area contributed by atoms with E-state index in [4.69, 9.17) is 11.6 Å². The van der Waals surface area contributed by atoms with Crippen LogP contribution in [0.4, 0.5) is 0 Å². The number of aromatic nitrogens is 3. The number of hydrogen-bond acceptors (Lipinski definition) is 3. The highest BCUT2D eigenvalue weighted by atomic mass is 79.9. The van der Waals surface area contributed by atoms with Gasteiger partial charge >= 0.3 is 5.69 Å². The second-order valence-electron chi connectivity index (χ2n) is 3.71. The Kier molecular flexibility index (Phi) is 3.41. The summed E-state index contributed by atoms with van der Waals surface area (Å²) >= 11 is 8.77. The Balaban J connectivity index is 2.97. The Bertz CT molecular complexity index is 717. The molecule has 0 aliphatic rings. The number of hydrogen-bond donors (Lipinski definition) is 0. The Morgan fingerprint density at radius 2 is 2.22 bits per heavy atom. The Morgan fingerprint density at radius 1 is 1.56 bits per heavy atom. The van der Waals surface area contributed by atoms with Crippen molar-refractivity contribution in [2.75, 3.05) is 5.88 Å². The molecule has 5 nitrogen and oxygen atoms in total. The van der Waals surface area contributed by atoms with Gasteiger partial charge in [-0.15, -0.1) is 11.6 Å². The standard InChI is InChI=1S/C11H9BrClN3O2/c1-6(2)15-10-8(3-7(12)5-14-10)16(11(15)18)9(17)4-13/h3,5H,1,4H2,2H3. The lowest BCUT2D eigenvalue weighted by Crippen LogP contribution is -2.29. The minimum Gasteiger partial charge on any atom is -0.273 e. The Morgan fingerprint density at radius 3 is 2.78 bits per heavy atom. The lowest BCUT2D eigenvalue weighted by Gasteiger charge is -1.98. The predicted molar refractivity (Wildman–Crippen MR) is 74.0 cm³/mol. The van der Waals surface area contributed by atoms with Crippen molar-refractivity contribution in [3.63, 3.8) is 0 Å². The number of rotatable bonds is 2. The van der Waals surface area contributed by atoms with Crippen LogP contribution < -0.4 is 5.69 Å². The zero-order chi connectivity index (χ0) is 13.4. The monoisotopic (exact) mass is 329 g/mol. The molecule has 0 bridgehead atoms. The minimum atomic E-state index is -0.506. The van der Waals surface area contributed by atoms with Gasteiger partial charge in [-0.3, -0.25) is 4.79 Å². The van der Waals surface area contributed by atoms with Crippen LogP contribution in [0.3, 0.4) is 0 Å². The van der Waals surface area contributed by atoms with Gasteiger partial charge in [-0.25, -0.2) is 18.9 Å². The molecule has 0 N–H and O–H groups in total. The van der Waals surface area contributed by atoms with Crippen molar-refractivity contribution in [1.82, 2.24) is 14.1 Å². The molecule has 0 saturated heterocycles. The lowest BCUT2D eigenvalue weighted by atomic mass is 10.4. The normalized spacial score (nSPS) is 10.8. The van der Waals surface area contributed by atoms with Crippen LogP contribution in [-0.2, 0) is 0 Å². The van der Waals surface area contributed by atoms with Gasteiger partial charge in [-0.2, -0.15) is 0 Å². The summed E-state index contributed by atoms with van der Waals surface area (Å²) < 4.78 is 2.96. The largest absolute Gasteiger partial charge is 0.341 e. The van der Waals surface area contributed by atoms with E-state index in [2.05, 4.69) is 27.5 Å². The van der Waals surface area contributed by atoms with Gasteiger partial charge < -0.3 is 0 Å². The maximum Gasteiger partial charge on any atom is 0.341 e. The van der Waals surface area contributed by atoms with E-state index in [1.165, 1.54) is 4.57 Å². The molecule has 18 heavy (non-hydrogen) atoms. The average Bonchev–Trinajstić information content (AvgIpc) is 2.59. The summed E-state index contributed by atoms with van der Waals surface area (Å²) in [7, 11) is 0. The van der Waals surface area contributed by atoms with Crippen molar-refractivity contribution in [2.45, 2.75) is 6.92 Å². The first-order valence-electron chi connectivity index (χ1n) is 5.01. The van der Waals surface area contributed by atoms with Crippen LogP contribution in [0.2, 0.25) is 0 Å². The molecule has 7 heteroatoms. The van der Waals surface area contributed by atoms with Crippen LogP contribution in [0.1, 0.15) is 11.7 Å². The first-order valence-corrected chi connectivity index (χ1v) is 6.34. The van der Waals surface area contributed by atoms with Crippen molar-refractivity contribution in [1.29, 1.82) is 0 Å². The van der Waals surface area contributed by atoms with Crippen LogP contribution in [0, 0.1) is 0 Å². The fraction of sp³-hybridized carbons (Fsp3) is 0.182. The summed E-state index contributed by atoms with van der Waals surface area (Å²) in [5.41, 5.74) is 0.770. The number of allylic oxidation sites excluding steroid dienone is 1. The number of carbonyl (C=O) groups is 1. The number of nitrogens with zero attached hydrogens (tertiary/aromatic N) is 3. The third-order valence-electron chi connectivity index (χ3n) is 2.39. The summed E-state index contributed by atoms with van der Waals surface area (Å²) in [6.07, 6.45) is 1.55. The maximum absolute atomic E-state index is 12.2. The Labute approximate surface area is 116 Å². The van der Waals surface area contributed by atoms with Gasteiger partial charge in [0, 0.05) is 16.4 Å². The topological polar surface area (TPSA) is 56.9 Å². The summed E-state index contributed by atoms with van der Waals surface area (Å²) in [5, 5.41) is 0. The van der Waals surface area contributed by atoms with Gasteiger partial charge in [0.15, 0.2) is 5.65 Å². The van der Waals surface area contributed by atoms with E-state index >= 15 is 0 Å². The summed E-state index contributed by atoms with van der Waals surface area (Å²) in [6, 6.07) is 1.65. The number of fused-ring (bicyclic) bond motifs is 1. The molecule has 2 aromatic heterocycles. The fourth-order valence-electron chi connectivity index (χ4n) is 1.70. The van der Waals surface area contributed by atoms with Gasteiger partial charge in [-0.05, 0) is 28.9 Å².